The van der Waals surface area contributed by atoms with Gasteiger partial charge < -0.3 is 0 Å². The summed E-state index contributed by atoms with van der Waals surface area (Å²) in [5.74, 6) is 0. The fourth-order valence-corrected chi connectivity index (χ4v) is 2.71. The lowest BCUT2D eigenvalue weighted by molar-refractivity contribution is 0.282. The van der Waals surface area contributed by atoms with Gasteiger partial charge in [0.2, 0.25) is 0 Å². The Bertz CT molecular complexity index is 228. The van der Waals surface area contributed by atoms with Gasteiger partial charge in [-0.25, -0.2) is 5.43 Å². The molecule has 2 aliphatic heterocycles. The number of hydrogen-bond acceptors (Lipinski definition) is 4. The molecule has 2 N–H and O–H groups in total. The van der Waals surface area contributed by atoms with Crippen LogP contribution in [-0.4, -0.2) is 15.6 Å². The fourth-order valence-electron chi connectivity index (χ4n) is 1.46. The van der Waals surface area contributed by atoms with Crippen LogP contribution in [0.5, 0.6) is 0 Å². The molecule has 4 heteroatoms. The first-order valence-corrected chi connectivity index (χ1v) is 4.73. The molecule has 2 atom stereocenters. The highest BCUT2D eigenvalue weighted by Gasteiger charge is 2.54. The molecular formula is C7H13N3S. The van der Waals surface area contributed by atoms with Gasteiger partial charge in [0, 0.05) is 0 Å². The van der Waals surface area contributed by atoms with Crippen molar-refractivity contribution < 1.29 is 0 Å². The normalized spacial score (nSPS) is 47.4. The predicted molar refractivity (Wildman–Crippen MR) is 48.4 cm³/mol. The van der Waals surface area contributed by atoms with Crippen LogP contribution in [0.15, 0.2) is 4.99 Å². The molecule has 0 radical (unpaired) electrons. The molecule has 2 unspecified atom stereocenters. The summed E-state index contributed by atoms with van der Waals surface area (Å²) in [5.41, 5.74) is 6.37. The minimum atomic E-state index is 0.0666. The summed E-state index contributed by atoms with van der Waals surface area (Å²) < 4.78 is 0. The van der Waals surface area contributed by atoms with Crippen LogP contribution in [0.4, 0.5) is 0 Å². The Kier molecular flexibility index (Phi) is 1.30. The summed E-state index contributed by atoms with van der Waals surface area (Å²) in [4.78, 5) is 4.65. The Labute approximate surface area is 71.0 Å². The number of nitrogens with zero attached hydrogens (tertiary/aromatic N) is 1. The Morgan fingerprint density at radius 1 is 1.55 bits per heavy atom. The summed E-state index contributed by atoms with van der Waals surface area (Å²) in [5, 5.41) is 1.04. The third-order valence-corrected chi connectivity index (χ3v) is 4.11. The van der Waals surface area contributed by atoms with Crippen molar-refractivity contribution in [2.75, 3.05) is 0 Å². The van der Waals surface area contributed by atoms with Crippen molar-refractivity contribution in [3.8, 4) is 0 Å². The lowest BCUT2D eigenvalue weighted by Gasteiger charge is -2.36. The molecule has 2 rings (SSSR count). The topological polar surface area (TPSA) is 36.4 Å². The van der Waals surface area contributed by atoms with Gasteiger partial charge in [-0.3, -0.25) is 10.4 Å². The number of hydrazine groups is 1. The predicted octanol–water partition coefficient (Wildman–Crippen LogP) is 1.08. The first kappa shape index (κ1) is 7.43. The zero-order chi connectivity index (χ0) is 8.11. The molecule has 62 valence electrons. The minimum Gasteiger partial charge on any atom is -0.299 e. The number of hydrogen-bond donors (Lipinski definition) is 2. The van der Waals surface area contributed by atoms with E-state index < -0.39 is 0 Å². The van der Waals surface area contributed by atoms with Gasteiger partial charge in [0.05, 0.1) is 5.54 Å². The lowest BCUT2D eigenvalue weighted by Crippen LogP contribution is -2.57. The van der Waals surface area contributed by atoms with E-state index in [1.54, 1.807) is 11.8 Å². The van der Waals surface area contributed by atoms with Crippen molar-refractivity contribution in [3.63, 3.8) is 0 Å². The van der Waals surface area contributed by atoms with Gasteiger partial charge >= 0.3 is 0 Å². The van der Waals surface area contributed by atoms with Gasteiger partial charge in [-0.15, -0.1) is 0 Å². The highest BCUT2D eigenvalue weighted by atomic mass is 32.2. The molecule has 0 aromatic carbocycles. The molecular weight excluding hydrogens is 158 g/mol. The van der Waals surface area contributed by atoms with E-state index in [0.717, 1.165) is 11.6 Å². The Hall–Kier alpha value is -0.220. The van der Waals surface area contributed by atoms with Crippen LogP contribution in [0.1, 0.15) is 27.2 Å². The largest absolute Gasteiger partial charge is 0.299 e. The Morgan fingerprint density at radius 2 is 2.27 bits per heavy atom. The molecule has 3 nitrogen and oxygen atoms in total. The second-order valence-corrected chi connectivity index (χ2v) is 4.84. The van der Waals surface area contributed by atoms with Crippen molar-refractivity contribution in [3.05, 3.63) is 0 Å². The zero-order valence-electron chi connectivity index (χ0n) is 7.06. The third kappa shape index (κ3) is 0.767. The first-order chi connectivity index (χ1) is 5.10. The number of nitrogens with one attached hydrogen (secondary N) is 2. The molecule has 2 bridgehead atoms. The van der Waals surface area contributed by atoms with Crippen LogP contribution < -0.4 is 10.9 Å². The average Bonchev–Trinajstić information content (AvgIpc) is 2.42. The number of fused-ring (bicyclic) bond motifs is 2. The van der Waals surface area contributed by atoms with E-state index in [4.69, 9.17) is 0 Å². The fraction of sp³-hybridized carbons (Fsp3) is 0.857. The number of rotatable bonds is 1. The monoisotopic (exact) mass is 171 g/mol. The highest BCUT2D eigenvalue weighted by Crippen LogP contribution is 2.46. The van der Waals surface area contributed by atoms with Gasteiger partial charge in [0.15, 0.2) is 5.17 Å². The standard InChI is InChI=1S/C7H13N3S/c1-4-6(2)7(3)10-9-5(8-6)11-7/h10H,4H2,1-3H3,(H,8,9). The third-order valence-electron chi connectivity index (χ3n) is 2.77. The van der Waals surface area contributed by atoms with Crippen LogP contribution in [0.2, 0.25) is 0 Å². The number of amidine groups is 1. The molecule has 2 heterocycles. The second-order valence-electron chi connectivity index (χ2n) is 3.43. The second kappa shape index (κ2) is 1.93. The van der Waals surface area contributed by atoms with Crippen molar-refractivity contribution in [1.29, 1.82) is 0 Å². The molecule has 1 fully saturated rings. The molecule has 0 aromatic heterocycles. The smallest absolute Gasteiger partial charge is 0.173 e. The van der Waals surface area contributed by atoms with Gasteiger partial charge in [-0.05, 0) is 20.3 Å². The molecule has 0 amide bonds. The minimum absolute atomic E-state index is 0.0666. The average molecular weight is 171 g/mol. The molecule has 0 aromatic rings. The summed E-state index contributed by atoms with van der Waals surface area (Å²) in [6.07, 6.45) is 1.08. The molecule has 0 saturated carbocycles. The van der Waals surface area contributed by atoms with E-state index in [2.05, 4.69) is 36.6 Å². The van der Waals surface area contributed by atoms with E-state index in [1.165, 1.54) is 0 Å². The van der Waals surface area contributed by atoms with Crippen LogP contribution in [0.3, 0.4) is 0 Å². The summed E-state index contributed by atoms with van der Waals surface area (Å²) in [6.45, 7) is 6.57. The van der Waals surface area contributed by atoms with E-state index in [1.807, 2.05) is 0 Å². The van der Waals surface area contributed by atoms with Gasteiger partial charge in [0.25, 0.3) is 0 Å². The highest BCUT2D eigenvalue weighted by molar-refractivity contribution is 8.15. The van der Waals surface area contributed by atoms with E-state index >= 15 is 0 Å². The SMILES string of the molecule is CCC1(C)N=C2NNC1(C)S2. The van der Waals surface area contributed by atoms with E-state index in [0.29, 0.717) is 0 Å². The zero-order valence-corrected chi connectivity index (χ0v) is 7.88. The van der Waals surface area contributed by atoms with Crippen molar-refractivity contribution in [2.45, 2.75) is 37.6 Å². The van der Waals surface area contributed by atoms with Gasteiger partial charge in [0.1, 0.15) is 4.87 Å². The molecule has 0 aliphatic carbocycles. The van der Waals surface area contributed by atoms with Gasteiger partial charge in [-0.2, -0.15) is 0 Å². The maximum absolute atomic E-state index is 4.58. The quantitative estimate of drug-likeness (QED) is 0.620. The van der Waals surface area contributed by atoms with Crippen LogP contribution in [0, 0.1) is 0 Å². The number of thioether (sulfide) groups is 1. The maximum Gasteiger partial charge on any atom is 0.173 e. The van der Waals surface area contributed by atoms with Gasteiger partial charge in [-0.1, -0.05) is 18.7 Å². The maximum atomic E-state index is 4.58. The van der Waals surface area contributed by atoms with Crippen molar-refractivity contribution in [2.24, 2.45) is 4.99 Å². The Morgan fingerprint density at radius 3 is 2.55 bits per heavy atom. The molecule has 2 aliphatic rings. The summed E-state index contributed by atoms with van der Waals surface area (Å²) >= 11 is 1.79. The van der Waals surface area contributed by atoms with E-state index in [-0.39, 0.29) is 10.4 Å². The molecule has 0 spiro atoms. The first-order valence-electron chi connectivity index (χ1n) is 3.92. The van der Waals surface area contributed by atoms with Crippen molar-refractivity contribution in [1.82, 2.24) is 10.9 Å². The van der Waals surface area contributed by atoms with Crippen LogP contribution >= 0.6 is 11.8 Å². The summed E-state index contributed by atoms with van der Waals surface area (Å²) in [7, 11) is 0. The lowest BCUT2D eigenvalue weighted by atomic mass is 9.91. The van der Waals surface area contributed by atoms with Crippen LogP contribution in [0.25, 0.3) is 0 Å². The molecule has 11 heavy (non-hydrogen) atoms. The number of aliphatic imine (C=N–C) groups is 1. The Balaban J connectivity index is 2.39. The van der Waals surface area contributed by atoms with Crippen molar-refractivity contribution >= 4 is 16.9 Å². The molecule has 1 saturated heterocycles. The van der Waals surface area contributed by atoms with Crippen LogP contribution in [-0.2, 0) is 0 Å². The van der Waals surface area contributed by atoms with E-state index in [9.17, 15) is 0 Å². The summed E-state index contributed by atoms with van der Waals surface area (Å²) in [6, 6.07) is 0.